The number of aromatic amines is 1. The van der Waals surface area contributed by atoms with Gasteiger partial charge in [-0.15, -0.1) is 0 Å². The lowest BCUT2D eigenvalue weighted by atomic mass is 10.2. The summed E-state index contributed by atoms with van der Waals surface area (Å²) in [6.07, 6.45) is 1.66. The van der Waals surface area contributed by atoms with E-state index >= 15 is 0 Å². The first-order chi connectivity index (χ1) is 9.67. The summed E-state index contributed by atoms with van der Waals surface area (Å²) >= 11 is 5.97. The van der Waals surface area contributed by atoms with Gasteiger partial charge in [0.15, 0.2) is 5.65 Å². The first-order valence-electron chi connectivity index (χ1n) is 6.05. The molecular weight excluding hydrogens is 278 g/mol. The van der Waals surface area contributed by atoms with E-state index in [1.54, 1.807) is 13.4 Å². The van der Waals surface area contributed by atoms with Gasteiger partial charge in [0.25, 0.3) is 0 Å². The summed E-state index contributed by atoms with van der Waals surface area (Å²) in [6, 6.07) is 7.54. The number of nitrogens with zero attached hydrogens (tertiary/aromatic N) is 3. The molecule has 0 unspecified atom stereocenters. The number of hydrogen-bond donors (Lipinski definition) is 2. The number of aromatic nitrogens is 4. The van der Waals surface area contributed by atoms with Gasteiger partial charge in [-0.3, -0.25) is 4.98 Å². The van der Waals surface area contributed by atoms with Crippen LogP contribution in [0.15, 0.2) is 35.4 Å². The zero-order valence-corrected chi connectivity index (χ0v) is 11.5. The van der Waals surface area contributed by atoms with Crippen molar-refractivity contribution in [2.24, 2.45) is 0 Å². The Labute approximate surface area is 119 Å². The standard InChI is InChI=1S/C13H12ClN5O/c1-15-11-10-12(18-13(20)17-11)19(7-16-10)6-8-3-2-4-9(14)5-8/h2-5,7H,6H2,1H3,(H2,15,17,18,20). The van der Waals surface area contributed by atoms with Crippen LogP contribution in [0.4, 0.5) is 5.82 Å². The lowest BCUT2D eigenvalue weighted by Crippen LogP contribution is -2.14. The van der Waals surface area contributed by atoms with E-state index in [2.05, 4.69) is 20.3 Å². The lowest BCUT2D eigenvalue weighted by Gasteiger charge is -2.05. The summed E-state index contributed by atoms with van der Waals surface area (Å²) in [4.78, 5) is 22.4. The van der Waals surface area contributed by atoms with E-state index in [0.29, 0.717) is 28.5 Å². The highest BCUT2D eigenvalue weighted by molar-refractivity contribution is 6.30. The number of anilines is 1. The monoisotopic (exact) mass is 289 g/mol. The second-order valence-corrected chi connectivity index (χ2v) is 4.78. The van der Waals surface area contributed by atoms with Crippen molar-refractivity contribution in [3.05, 3.63) is 51.7 Å². The van der Waals surface area contributed by atoms with E-state index in [9.17, 15) is 4.79 Å². The highest BCUT2D eigenvalue weighted by atomic mass is 35.5. The van der Waals surface area contributed by atoms with Gasteiger partial charge in [0, 0.05) is 12.1 Å². The first-order valence-corrected chi connectivity index (χ1v) is 6.42. The molecule has 0 aliphatic heterocycles. The van der Waals surface area contributed by atoms with Gasteiger partial charge in [0.2, 0.25) is 0 Å². The van der Waals surface area contributed by atoms with E-state index in [1.807, 2.05) is 28.8 Å². The maximum absolute atomic E-state index is 11.6. The van der Waals surface area contributed by atoms with Gasteiger partial charge in [-0.1, -0.05) is 23.7 Å². The molecule has 6 nitrogen and oxygen atoms in total. The molecule has 20 heavy (non-hydrogen) atoms. The number of fused-ring (bicyclic) bond motifs is 1. The van der Waals surface area contributed by atoms with Gasteiger partial charge in [-0.25, -0.2) is 9.78 Å². The number of nitrogens with one attached hydrogen (secondary N) is 2. The summed E-state index contributed by atoms with van der Waals surface area (Å²) in [5, 5.41) is 3.58. The van der Waals surface area contributed by atoms with Crippen molar-refractivity contribution in [1.82, 2.24) is 19.5 Å². The molecule has 0 saturated heterocycles. The quantitative estimate of drug-likeness (QED) is 0.772. The zero-order valence-electron chi connectivity index (χ0n) is 10.7. The van der Waals surface area contributed by atoms with Crippen LogP contribution >= 0.6 is 11.6 Å². The molecular formula is C13H12ClN5O. The lowest BCUT2D eigenvalue weighted by molar-refractivity contribution is 0.810. The Kier molecular flexibility index (Phi) is 3.15. The normalized spacial score (nSPS) is 10.9. The molecule has 102 valence electrons. The van der Waals surface area contributed by atoms with Crippen LogP contribution < -0.4 is 11.0 Å². The second-order valence-electron chi connectivity index (χ2n) is 4.34. The van der Waals surface area contributed by atoms with Crippen LogP contribution in [0.25, 0.3) is 11.2 Å². The largest absolute Gasteiger partial charge is 0.373 e. The van der Waals surface area contributed by atoms with Crippen LogP contribution in [0, 0.1) is 0 Å². The Hall–Kier alpha value is -2.34. The van der Waals surface area contributed by atoms with Crippen molar-refractivity contribution in [3.8, 4) is 0 Å². The minimum absolute atomic E-state index is 0.408. The van der Waals surface area contributed by atoms with E-state index in [-0.39, 0.29) is 0 Å². The second kappa shape index (κ2) is 4.97. The predicted molar refractivity (Wildman–Crippen MR) is 78.2 cm³/mol. The van der Waals surface area contributed by atoms with Crippen molar-refractivity contribution < 1.29 is 0 Å². The summed E-state index contributed by atoms with van der Waals surface area (Å²) in [5.74, 6) is 0.560. The SMILES string of the molecule is CNc1[nH]c(=O)nc2c1ncn2Cc1cccc(Cl)c1. The fourth-order valence-corrected chi connectivity index (χ4v) is 2.30. The van der Waals surface area contributed by atoms with Crippen LogP contribution in [-0.4, -0.2) is 26.6 Å². The van der Waals surface area contributed by atoms with Gasteiger partial charge >= 0.3 is 5.69 Å². The average Bonchev–Trinajstić information content (AvgIpc) is 2.81. The third-order valence-electron chi connectivity index (χ3n) is 2.98. The van der Waals surface area contributed by atoms with Gasteiger partial charge < -0.3 is 9.88 Å². The van der Waals surface area contributed by atoms with Crippen molar-refractivity contribution in [3.63, 3.8) is 0 Å². The van der Waals surface area contributed by atoms with Crippen LogP contribution in [-0.2, 0) is 6.54 Å². The van der Waals surface area contributed by atoms with Crippen molar-refractivity contribution >= 4 is 28.6 Å². The maximum Gasteiger partial charge on any atom is 0.348 e. The molecule has 2 heterocycles. The fourth-order valence-electron chi connectivity index (χ4n) is 2.09. The van der Waals surface area contributed by atoms with E-state index in [1.165, 1.54) is 0 Å². The Morgan fingerprint density at radius 1 is 1.45 bits per heavy atom. The molecule has 0 radical (unpaired) electrons. The molecule has 0 atom stereocenters. The molecule has 0 amide bonds. The van der Waals surface area contributed by atoms with Gasteiger partial charge in [0.05, 0.1) is 12.9 Å². The Morgan fingerprint density at radius 2 is 2.30 bits per heavy atom. The van der Waals surface area contributed by atoms with E-state index < -0.39 is 5.69 Å². The number of halogens is 1. The highest BCUT2D eigenvalue weighted by Gasteiger charge is 2.10. The zero-order chi connectivity index (χ0) is 14.1. The molecule has 1 aromatic carbocycles. The van der Waals surface area contributed by atoms with Crippen molar-refractivity contribution in [2.45, 2.75) is 6.54 Å². The summed E-state index contributed by atoms with van der Waals surface area (Å²) in [5.41, 5.74) is 1.78. The van der Waals surface area contributed by atoms with Crippen molar-refractivity contribution in [2.75, 3.05) is 12.4 Å². The number of imidazole rings is 1. The topological polar surface area (TPSA) is 75.6 Å². The van der Waals surface area contributed by atoms with Crippen LogP contribution in [0.5, 0.6) is 0 Å². The summed E-state index contributed by atoms with van der Waals surface area (Å²) in [6.45, 7) is 0.552. The van der Waals surface area contributed by atoms with Crippen LogP contribution in [0.1, 0.15) is 5.56 Å². The minimum Gasteiger partial charge on any atom is -0.373 e. The molecule has 7 heteroatoms. The number of rotatable bonds is 3. The number of H-pyrrole nitrogens is 1. The van der Waals surface area contributed by atoms with E-state index in [4.69, 9.17) is 11.6 Å². The van der Waals surface area contributed by atoms with Crippen LogP contribution in [0.3, 0.4) is 0 Å². The summed E-state index contributed by atoms with van der Waals surface area (Å²) in [7, 11) is 1.72. The van der Waals surface area contributed by atoms with E-state index in [0.717, 1.165) is 5.56 Å². The molecule has 0 aliphatic rings. The Bertz CT molecular complexity index is 823. The van der Waals surface area contributed by atoms with Gasteiger partial charge in [0.1, 0.15) is 11.3 Å². The molecule has 3 aromatic rings. The summed E-state index contributed by atoms with van der Waals surface area (Å²) < 4.78 is 1.82. The Balaban J connectivity index is 2.09. The highest BCUT2D eigenvalue weighted by Crippen LogP contribution is 2.18. The fraction of sp³-hybridized carbons (Fsp3) is 0.154. The molecule has 0 fully saturated rings. The van der Waals surface area contributed by atoms with Crippen LogP contribution in [0.2, 0.25) is 5.02 Å². The first kappa shape index (κ1) is 12.7. The third kappa shape index (κ3) is 2.25. The molecule has 2 aromatic heterocycles. The molecule has 0 spiro atoms. The molecule has 2 N–H and O–H groups in total. The predicted octanol–water partition coefficient (Wildman–Crippen LogP) is 1.86. The van der Waals surface area contributed by atoms with Crippen molar-refractivity contribution in [1.29, 1.82) is 0 Å². The van der Waals surface area contributed by atoms with Gasteiger partial charge in [-0.05, 0) is 17.7 Å². The molecule has 0 saturated carbocycles. The molecule has 0 bridgehead atoms. The average molecular weight is 290 g/mol. The number of hydrogen-bond acceptors (Lipinski definition) is 4. The number of benzene rings is 1. The third-order valence-corrected chi connectivity index (χ3v) is 3.21. The smallest absolute Gasteiger partial charge is 0.348 e. The minimum atomic E-state index is -0.408. The Morgan fingerprint density at radius 3 is 3.05 bits per heavy atom. The maximum atomic E-state index is 11.6. The molecule has 0 aliphatic carbocycles. The molecule has 3 rings (SSSR count). The van der Waals surface area contributed by atoms with Gasteiger partial charge in [-0.2, -0.15) is 4.98 Å².